The first-order chi connectivity index (χ1) is 12.4. The van der Waals surface area contributed by atoms with Crippen LogP contribution in [0.5, 0.6) is 0 Å². The van der Waals surface area contributed by atoms with Crippen LogP contribution in [-0.4, -0.2) is 40.4 Å². The summed E-state index contributed by atoms with van der Waals surface area (Å²) in [5, 5.41) is 9.51. The minimum Gasteiger partial charge on any atom is -0.478 e. The molecule has 1 fully saturated rings. The van der Waals surface area contributed by atoms with E-state index in [0.717, 1.165) is 11.1 Å². The van der Waals surface area contributed by atoms with Crippen molar-refractivity contribution in [2.75, 3.05) is 6.61 Å². The molecule has 0 heterocycles. The molecule has 0 unspecified atom stereocenters. The van der Waals surface area contributed by atoms with Crippen molar-refractivity contribution in [2.24, 2.45) is 5.92 Å². The summed E-state index contributed by atoms with van der Waals surface area (Å²) in [6.07, 6.45) is 2.53. The number of hydrogen-bond acceptors (Lipinski definition) is 3. The van der Waals surface area contributed by atoms with E-state index in [9.17, 15) is 9.90 Å². The van der Waals surface area contributed by atoms with Crippen LogP contribution in [0.4, 0.5) is 0 Å². The fraction of sp³-hybridized carbons (Fsp3) is 0.773. The predicted molar refractivity (Wildman–Crippen MR) is 123 cm³/mol. The summed E-state index contributed by atoms with van der Waals surface area (Å²) in [6.45, 7) is 27.3. The topological polar surface area (TPSA) is 55.8 Å². The molecular weight excluding hydrogens is 384 g/mol. The summed E-state index contributed by atoms with van der Waals surface area (Å²) in [7, 11) is -3.87. The van der Waals surface area contributed by atoms with Gasteiger partial charge in [-0.2, -0.15) is 0 Å². The molecule has 1 saturated carbocycles. The molecule has 2 atom stereocenters. The van der Waals surface area contributed by atoms with E-state index in [0.29, 0.717) is 19.4 Å². The van der Waals surface area contributed by atoms with E-state index >= 15 is 0 Å². The Bertz CT molecular complexity index is 621. The maximum absolute atomic E-state index is 11.3. The van der Waals surface area contributed by atoms with Gasteiger partial charge in [0.1, 0.15) is 0 Å². The second-order valence-corrected chi connectivity index (χ2v) is 20.8. The first kappa shape index (κ1) is 25.3. The Labute approximate surface area is 174 Å². The van der Waals surface area contributed by atoms with Gasteiger partial charge in [0, 0.05) is 18.6 Å². The lowest BCUT2D eigenvalue weighted by molar-refractivity contribution is -0.131. The Hall–Kier alpha value is -0.696. The van der Waals surface area contributed by atoms with E-state index in [-0.39, 0.29) is 22.1 Å². The van der Waals surface area contributed by atoms with E-state index in [4.69, 9.17) is 8.85 Å². The predicted octanol–water partition coefficient (Wildman–Crippen LogP) is 6.38. The number of carboxylic acids is 1. The average Bonchev–Trinajstić information content (AvgIpc) is 2.45. The Kier molecular flexibility index (Phi) is 7.77. The molecule has 0 radical (unpaired) electrons. The van der Waals surface area contributed by atoms with Crippen molar-refractivity contribution in [3.63, 3.8) is 0 Å². The van der Waals surface area contributed by atoms with Gasteiger partial charge in [0.25, 0.3) is 0 Å². The molecule has 4 nitrogen and oxygen atoms in total. The lowest BCUT2D eigenvalue weighted by atomic mass is 9.80. The molecule has 0 aromatic heterocycles. The van der Waals surface area contributed by atoms with Crippen molar-refractivity contribution in [3.8, 4) is 0 Å². The van der Waals surface area contributed by atoms with E-state index < -0.39 is 22.6 Å². The monoisotopic (exact) mass is 426 g/mol. The van der Waals surface area contributed by atoms with Gasteiger partial charge in [-0.3, -0.25) is 0 Å². The third-order valence-electron chi connectivity index (χ3n) is 6.92. The zero-order valence-corrected chi connectivity index (χ0v) is 21.7. The van der Waals surface area contributed by atoms with E-state index in [1.54, 1.807) is 0 Å². The second-order valence-electron chi connectivity index (χ2n) is 11.3. The highest BCUT2D eigenvalue weighted by molar-refractivity contribution is 6.74. The van der Waals surface area contributed by atoms with Crippen LogP contribution in [0.15, 0.2) is 23.8 Å². The normalized spacial score (nSPS) is 23.9. The number of rotatable bonds is 6. The van der Waals surface area contributed by atoms with Crippen LogP contribution in [-0.2, 0) is 13.6 Å². The van der Waals surface area contributed by atoms with Crippen LogP contribution < -0.4 is 0 Å². The van der Waals surface area contributed by atoms with Gasteiger partial charge in [-0.05, 0) is 54.7 Å². The Balaban J connectivity index is 3.07. The smallest absolute Gasteiger partial charge is 0.328 e. The second kappa shape index (κ2) is 8.58. The zero-order valence-electron chi connectivity index (χ0n) is 19.7. The largest absolute Gasteiger partial charge is 0.478 e. The molecule has 162 valence electrons. The first-order valence-electron chi connectivity index (χ1n) is 10.3. The van der Waals surface area contributed by atoms with Gasteiger partial charge in [0.2, 0.25) is 0 Å². The van der Waals surface area contributed by atoms with Crippen molar-refractivity contribution in [1.82, 2.24) is 0 Å². The SMILES string of the molecule is C=C1[C@H](CO[Si](C)(C)C(C)(C)C)C/C(=C\C(=O)O)C[C@H]1O[Si](C)(C)C(C)(C)C. The lowest BCUT2D eigenvalue weighted by Crippen LogP contribution is -2.47. The van der Waals surface area contributed by atoms with Gasteiger partial charge in [0.05, 0.1) is 6.10 Å². The van der Waals surface area contributed by atoms with Crippen LogP contribution in [0, 0.1) is 5.92 Å². The molecule has 0 saturated heterocycles. The summed E-state index contributed by atoms with van der Waals surface area (Å²) in [6, 6.07) is 0. The average molecular weight is 427 g/mol. The zero-order chi connectivity index (χ0) is 22.1. The van der Waals surface area contributed by atoms with Gasteiger partial charge in [0.15, 0.2) is 16.6 Å². The van der Waals surface area contributed by atoms with Crippen LogP contribution >= 0.6 is 0 Å². The Morgan fingerprint density at radius 1 is 1.07 bits per heavy atom. The van der Waals surface area contributed by atoms with Crippen molar-refractivity contribution in [3.05, 3.63) is 23.8 Å². The molecule has 0 aromatic rings. The molecule has 0 bridgehead atoms. The highest BCUT2D eigenvalue weighted by Gasteiger charge is 2.43. The Morgan fingerprint density at radius 2 is 1.57 bits per heavy atom. The van der Waals surface area contributed by atoms with Crippen LogP contribution in [0.3, 0.4) is 0 Å². The summed E-state index contributed by atoms with van der Waals surface area (Å²) in [5.41, 5.74) is 1.98. The van der Waals surface area contributed by atoms with Gasteiger partial charge in [-0.15, -0.1) is 0 Å². The molecular formula is C22H42O4Si2. The molecule has 0 aliphatic heterocycles. The summed E-state index contributed by atoms with van der Waals surface area (Å²) in [5.74, 6) is -0.791. The maximum atomic E-state index is 11.3. The Morgan fingerprint density at radius 3 is 2.00 bits per heavy atom. The highest BCUT2D eigenvalue weighted by Crippen LogP contribution is 2.43. The van der Waals surface area contributed by atoms with Crippen LogP contribution in [0.25, 0.3) is 0 Å². The van der Waals surface area contributed by atoms with Crippen molar-refractivity contribution >= 4 is 22.6 Å². The van der Waals surface area contributed by atoms with Crippen molar-refractivity contribution in [2.45, 2.75) is 96.8 Å². The van der Waals surface area contributed by atoms with E-state index in [1.807, 2.05) is 0 Å². The number of aliphatic carboxylic acids is 1. The number of carboxylic acid groups (broad SMARTS) is 1. The van der Waals surface area contributed by atoms with E-state index in [1.165, 1.54) is 6.08 Å². The third-order valence-corrected chi connectivity index (χ3v) is 15.9. The fourth-order valence-corrected chi connectivity index (χ4v) is 5.15. The van der Waals surface area contributed by atoms with Gasteiger partial charge < -0.3 is 14.0 Å². The molecule has 1 aliphatic carbocycles. The third kappa shape index (κ3) is 6.41. The van der Waals surface area contributed by atoms with Crippen molar-refractivity contribution < 1.29 is 18.8 Å². The number of carbonyl (C=O) groups is 1. The quantitative estimate of drug-likeness (QED) is 0.304. The lowest BCUT2D eigenvalue weighted by Gasteiger charge is -2.44. The van der Waals surface area contributed by atoms with Crippen LogP contribution in [0.2, 0.25) is 36.3 Å². The molecule has 1 rings (SSSR count). The molecule has 1 aliphatic rings. The van der Waals surface area contributed by atoms with Gasteiger partial charge in [-0.25, -0.2) is 4.79 Å². The minimum absolute atomic E-state index is 0.0918. The minimum atomic E-state index is -1.99. The van der Waals surface area contributed by atoms with Gasteiger partial charge >= 0.3 is 5.97 Å². The summed E-state index contributed by atoms with van der Waals surface area (Å²) >= 11 is 0. The standard InChI is InChI=1S/C22H42O4Si2/c1-16-18(15-25-27(8,9)21(2,3)4)12-17(14-20(23)24)13-19(16)26-28(10,11)22(5,6)7/h14,18-19H,1,12-13,15H2,2-11H3,(H,23,24)/b17-14+/t18-,19+/m0/s1. The molecule has 1 N–H and O–H groups in total. The molecule has 28 heavy (non-hydrogen) atoms. The van der Waals surface area contributed by atoms with Crippen LogP contribution in [0.1, 0.15) is 54.4 Å². The molecule has 0 aromatic carbocycles. The fourth-order valence-electron chi connectivity index (χ4n) is 2.80. The van der Waals surface area contributed by atoms with Gasteiger partial charge in [-0.1, -0.05) is 53.7 Å². The molecule has 0 spiro atoms. The first-order valence-corrected chi connectivity index (χ1v) is 16.1. The maximum Gasteiger partial charge on any atom is 0.328 e. The van der Waals surface area contributed by atoms with Crippen molar-refractivity contribution in [1.29, 1.82) is 0 Å². The summed E-state index contributed by atoms with van der Waals surface area (Å²) in [4.78, 5) is 11.3. The highest BCUT2D eigenvalue weighted by atomic mass is 28.4. The molecule has 0 amide bonds. The summed E-state index contributed by atoms with van der Waals surface area (Å²) < 4.78 is 13.1. The molecule has 6 heteroatoms. The van der Waals surface area contributed by atoms with E-state index in [2.05, 4.69) is 74.3 Å². The number of hydrogen-bond donors (Lipinski definition) is 1.